The summed E-state index contributed by atoms with van der Waals surface area (Å²) in [7, 11) is -0.780. The number of carbonyl (C=O) groups is 1. The average Bonchev–Trinajstić information content (AvgIpc) is 2.65. The van der Waals surface area contributed by atoms with Crippen molar-refractivity contribution in [2.75, 3.05) is 19.4 Å². The van der Waals surface area contributed by atoms with Gasteiger partial charge in [-0.3, -0.25) is 9.59 Å². The summed E-state index contributed by atoms with van der Waals surface area (Å²) < 4.78 is 26.6. The van der Waals surface area contributed by atoms with E-state index in [-0.39, 0.29) is 11.4 Å². The molecule has 0 spiro atoms. The summed E-state index contributed by atoms with van der Waals surface area (Å²) in [4.78, 5) is 24.9. The SMILES string of the molecule is Cc1ccc(S(=O)(=O)N(C)C)cc1NC(=O)Cn1nnc2ccccc2c1=O. The number of aryl methyl sites for hydroxylation is 1. The molecule has 0 bridgehead atoms. The van der Waals surface area contributed by atoms with E-state index in [1.807, 2.05) is 0 Å². The van der Waals surface area contributed by atoms with Gasteiger partial charge in [0.1, 0.15) is 12.1 Å². The van der Waals surface area contributed by atoms with E-state index in [9.17, 15) is 18.0 Å². The summed E-state index contributed by atoms with van der Waals surface area (Å²) in [6.45, 7) is 1.39. The molecule has 0 unspecified atom stereocenters. The fraction of sp³-hybridized carbons (Fsp3) is 0.222. The van der Waals surface area contributed by atoms with Gasteiger partial charge in [0, 0.05) is 19.8 Å². The standard InChI is InChI=1S/C18H19N5O4S/c1-12-8-9-13(28(26,27)22(2)3)10-16(12)19-17(24)11-23-18(25)14-6-4-5-7-15(14)20-21-23/h4-10H,11H2,1-3H3,(H,19,24). The van der Waals surface area contributed by atoms with E-state index in [2.05, 4.69) is 15.6 Å². The lowest BCUT2D eigenvalue weighted by molar-refractivity contribution is -0.117. The molecule has 146 valence electrons. The number of hydrogen-bond donors (Lipinski definition) is 1. The van der Waals surface area contributed by atoms with Crippen LogP contribution < -0.4 is 10.9 Å². The summed E-state index contributed by atoms with van der Waals surface area (Å²) in [6.07, 6.45) is 0. The number of nitrogens with zero attached hydrogens (tertiary/aromatic N) is 4. The number of hydrogen-bond acceptors (Lipinski definition) is 6. The molecule has 0 aliphatic carbocycles. The van der Waals surface area contributed by atoms with E-state index >= 15 is 0 Å². The quantitative estimate of drug-likeness (QED) is 0.682. The zero-order chi connectivity index (χ0) is 20.5. The number of benzene rings is 2. The normalized spacial score (nSPS) is 11.7. The van der Waals surface area contributed by atoms with Crippen LogP contribution in [0.4, 0.5) is 5.69 Å². The molecular weight excluding hydrogens is 382 g/mol. The van der Waals surface area contributed by atoms with Gasteiger partial charge in [-0.05, 0) is 36.8 Å². The van der Waals surface area contributed by atoms with Crippen LogP contribution >= 0.6 is 0 Å². The molecule has 2 aromatic carbocycles. The van der Waals surface area contributed by atoms with E-state index in [0.29, 0.717) is 22.2 Å². The molecule has 0 fully saturated rings. The lowest BCUT2D eigenvalue weighted by atomic mass is 10.2. The molecule has 28 heavy (non-hydrogen) atoms. The van der Waals surface area contributed by atoms with Crippen molar-refractivity contribution in [1.29, 1.82) is 0 Å². The van der Waals surface area contributed by atoms with Crippen LogP contribution in [0.2, 0.25) is 0 Å². The van der Waals surface area contributed by atoms with E-state index < -0.39 is 21.5 Å². The van der Waals surface area contributed by atoms with Crippen molar-refractivity contribution < 1.29 is 13.2 Å². The number of carbonyl (C=O) groups excluding carboxylic acids is 1. The molecule has 1 amide bonds. The van der Waals surface area contributed by atoms with E-state index in [4.69, 9.17) is 0 Å². The zero-order valence-corrected chi connectivity index (χ0v) is 16.4. The molecule has 0 saturated carbocycles. The molecule has 0 atom stereocenters. The van der Waals surface area contributed by atoms with Crippen LogP contribution in [-0.4, -0.2) is 47.7 Å². The second-order valence-corrected chi connectivity index (χ2v) is 8.53. The van der Waals surface area contributed by atoms with E-state index in [0.717, 1.165) is 8.99 Å². The lowest BCUT2D eigenvalue weighted by Gasteiger charge is -2.14. The first kappa shape index (κ1) is 19.6. The zero-order valence-electron chi connectivity index (χ0n) is 15.6. The maximum Gasteiger partial charge on any atom is 0.278 e. The van der Waals surface area contributed by atoms with Gasteiger partial charge in [0.15, 0.2) is 0 Å². The predicted octanol–water partition coefficient (Wildman–Crippen LogP) is 0.989. The fourth-order valence-corrected chi connectivity index (χ4v) is 3.49. The minimum atomic E-state index is -3.64. The fourth-order valence-electron chi connectivity index (χ4n) is 2.56. The third-order valence-electron chi connectivity index (χ3n) is 4.18. The highest BCUT2D eigenvalue weighted by Crippen LogP contribution is 2.22. The van der Waals surface area contributed by atoms with Crippen molar-refractivity contribution in [3.05, 3.63) is 58.4 Å². The van der Waals surface area contributed by atoms with Gasteiger partial charge in [0.05, 0.1) is 10.3 Å². The molecule has 0 aliphatic heterocycles. The number of amides is 1. The molecule has 1 aromatic heterocycles. The Bertz CT molecular complexity index is 1220. The van der Waals surface area contributed by atoms with Crippen molar-refractivity contribution in [2.45, 2.75) is 18.4 Å². The Balaban J connectivity index is 1.86. The maximum atomic E-state index is 12.4. The molecule has 0 aliphatic rings. The summed E-state index contributed by atoms with van der Waals surface area (Å²) in [5.74, 6) is -0.519. The van der Waals surface area contributed by atoms with Crippen molar-refractivity contribution in [3.63, 3.8) is 0 Å². The second kappa shape index (κ2) is 7.49. The Morgan fingerprint density at radius 1 is 1.18 bits per heavy atom. The Morgan fingerprint density at radius 3 is 2.61 bits per heavy atom. The van der Waals surface area contributed by atoms with Gasteiger partial charge in [0.25, 0.3) is 5.56 Å². The Kier molecular flexibility index (Phi) is 5.25. The molecule has 1 N–H and O–H groups in total. The molecule has 10 heteroatoms. The molecule has 3 aromatic rings. The Morgan fingerprint density at radius 2 is 1.89 bits per heavy atom. The van der Waals surface area contributed by atoms with Gasteiger partial charge in [-0.1, -0.05) is 23.4 Å². The predicted molar refractivity (Wildman–Crippen MR) is 104 cm³/mol. The Labute approximate surface area is 161 Å². The minimum absolute atomic E-state index is 0.0565. The highest BCUT2D eigenvalue weighted by atomic mass is 32.2. The molecule has 1 heterocycles. The second-order valence-electron chi connectivity index (χ2n) is 6.38. The monoisotopic (exact) mass is 401 g/mol. The molecular formula is C18H19N5O4S. The van der Waals surface area contributed by atoms with Crippen LogP contribution in [0.1, 0.15) is 5.56 Å². The van der Waals surface area contributed by atoms with E-state index in [1.165, 1.54) is 26.2 Å². The smallest absolute Gasteiger partial charge is 0.278 e. The third kappa shape index (κ3) is 3.78. The highest BCUT2D eigenvalue weighted by Gasteiger charge is 2.19. The van der Waals surface area contributed by atoms with Crippen LogP contribution in [0.25, 0.3) is 10.9 Å². The number of aromatic nitrogens is 3. The lowest BCUT2D eigenvalue weighted by Crippen LogP contribution is -2.30. The van der Waals surface area contributed by atoms with Crippen molar-refractivity contribution in [2.24, 2.45) is 0 Å². The van der Waals surface area contributed by atoms with Crippen molar-refractivity contribution in [3.8, 4) is 0 Å². The Hall–Kier alpha value is -3.11. The van der Waals surface area contributed by atoms with Gasteiger partial charge in [0.2, 0.25) is 15.9 Å². The molecule has 0 saturated heterocycles. The first-order valence-electron chi connectivity index (χ1n) is 8.36. The summed E-state index contributed by atoms with van der Waals surface area (Å²) in [5.41, 5.74) is 1.04. The average molecular weight is 401 g/mol. The number of anilines is 1. The number of rotatable bonds is 5. The van der Waals surface area contributed by atoms with Crippen LogP contribution in [0.15, 0.2) is 52.2 Å². The summed E-state index contributed by atoms with van der Waals surface area (Å²) in [5, 5.41) is 10.7. The van der Waals surface area contributed by atoms with Gasteiger partial charge in [-0.2, -0.15) is 0 Å². The van der Waals surface area contributed by atoms with E-state index in [1.54, 1.807) is 37.3 Å². The summed E-state index contributed by atoms with van der Waals surface area (Å²) in [6, 6.07) is 11.2. The molecule has 0 radical (unpaired) electrons. The summed E-state index contributed by atoms with van der Waals surface area (Å²) >= 11 is 0. The highest BCUT2D eigenvalue weighted by molar-refractivity contribution is 7.89. The van der Waals surface area contributed by atoms with Gasteiger partial charge >= 0.3 is 0 Å². The largest absolute Gasteiger partial charge is 0.324 e. The van der Waals surface area contributed by atoms with Crippen LogP contribution in [0.3, 0.4) is 0 Å². The first-order chi connectivity index (χ1) is 13.2. The van der Waals surface area contributed by atoms with Crippen molar-refractivity contribution in [1.82, 2.24) is 19.3 Å². The number of nitrogens with one attached hydrogen (secondary N) is 1. The van der Waals surface area contributed by atoms with Gasteiger partial charge < -0.3 is 5.32 Å². The van der Waals surface area contributed by atoms with Crippen molar-refractivity contribution >= 4 is 32.5 Å². The maximum absolute atomic E-state index is 12.4. The van der Waals surface area contributed by atoms with Crippen LogP contribution in [-0.2, 0) is 21.4 Å². The van der Waals surface area contributed by atoms with Crippen LogP contribution in [0, 0.1) is 6.92 Å². The van der Waals surface area contributed by atoms with Gasteiger partial charge in [-0.25, -0.2) is 17.4 Å². The minimum Gasteiger partial charge on any atom is -0.324 e. The molecule has 9 nitrogen and oxygen atoms in total. The number of sulfonamides is 1. The molecule has 3 rings (SSSR count). The van der Waals surface area contributed by atoms with Crippen LogP contribution in [0.5, 0.6) is 0 Å². The van der Waals surface area contributed by atoms with Gasteiger partial charge in [-0.15, -0.1) is 5.10 Å². The number of fused-ring (bicyclic) bond motifs is 1. The first-order valence-corrected chi connectivity index (χ1v) is 9.80. The topological polar surface area (TPSA) is 114 Å². The third-order valence-corrected chi connectivity index (χ3v) is 6.00.